The molecule has 0 radical (unpaired) electrons. The van der Waals surface area contributed by atoms with Gasteiger partial charge >= 0.3 is 0 Å². The Balaban J connectivity index is 2.16. The normalized spacial score (nSPS) is 11.7. The first-order valence-electron chi connectivity index (χ1n) is 6.65. The molecule has 1 atom stereocenters. The highest BCUT2D eigenvalue weighted by atomic mass is 16.5. The molecule has 2 aromatic carbocycles. The number of hydrogen-bond acceptors (Lipinski definition) is 3. The van der Waals surface area contributed by atoms with Crippen molar-refractivity contribution in [3.8, 4) is 11.8 Å². The second-order valence-corrected chi connectivity index (χ2v) is 4.56. The number of nitrogens with zero attached hydrogens (tertiary/aromatic N) is 1. The molecule has 1 unspecified atom stereocenters. The Bertz CT molecular complexity index is 599. The summed E-state index contributed by atoms with van der Waals surface area (Å²) in [5.41, 5.74) is 2.04. The summed E-state index contributed by atoms with van der Waals surface area (Å²) >= 11 is 0. The van der Waals surface area contributed by atoms with Gasteiger partial charge in [0.15, 0.2) is 0 Å². The molecule has 0 fully saturated rings. The summed E-state index contributed by atoms with van der Waals surface area (Å²) in [4.78, 5) is 0. The van der Waals surface area contributed by atoms with Gasteiger partial charge in [0.25, 0.3) is 0 Å². The highest BCUT2D eigenvalue weighted by Gasteiger charge is 2.10. The van der Waals surface area contributed by atoms with Crippen LogP contribution in [0.3, 0.4) is 0 Å². The number of rotatable bonds is 5. The molecule has 0 aliphatic carbocycles. The molecule has 0 amide bonds. The monoisotopic (exact) mass is 267 g/mol. The van der Waals surface area contributed by atoms with Crippen LogP contribution >= 0.6 is 0 Å². The van der Waals surface area contributed by atoms with E-state index < -0.39 is 6.10 Å². The molecule has 3 heteroatoms. The SMILES string of the molecule is CCCOc1ccc(C(O)c2cccc(C#N)c2)cc1. The minimum atomic E-state index is -0.733. The average molecular weight is 267 g/mol. The maximum Gasteiger partial charge on any atom is 0.119 e. The van der Waals surface area contributed by atoms with Gasteiger partial charge in [-0.2, -0.15) is 5.26 Å². The smallest absolute Gasteiger partial charge is 0.119 e. The first-order valence-corrected chi connectivity index (χ1v) is 6.65. The Hall–Kier alpha value is -2.31. The molecule has 0 saturated carbocycles. The zero-order valence-electron chi connectivity index (χ0n) is 11.4. The maximum absolute atomic E-state index is 10.3. The molecule has 0 aliphatic rings. The summed E-state index contributed by atoms with van der Waals surface area (Å²) in [5.74, 6) is 0.800. The van der Waals surface area contributed by atoms with Crippen LogP contribution in [-0.4, -0.2) is 11.7 Å². The molecule has 0 aliphatic heterocycles. The summed E-state index contributed by atoms with van der Waals surface area (Å²) in [6, 6.07) is 16.5. The Labute approximate surface area is 119 Å². The fourth-order valence-corrected chi connectivity index (χ4v) is 1.94. The predicted octanol–water partition coefficient (Wildman–Crippen LogP) is 3.43. The number of aliphatic hydroxyl groups excluding tert-OH is 1. The Morgan fingerprint density at radius 1 is 1.15 bits per heavy atom. The van der Waals surface area contributed by atoms with Gasteiger partial charge in [0, 0.05) is 0 Å². The highest BCUT2D eigenvalue weighted by molar-refractivity contribution is 5.38. The first-order chi connectivity index (χ1) is 9.74. The van der Waals surface area contributed by atoms with Crippen LogP contribution in [0.15, 0.2) is 48.5 Å². The summed E-state index contributed by atoms with van der Waals surface area (Å²) in [6.45, 7) is 2.74. The molecule has 0 spiro atoms. The number of benzene rings is 2. The molecule has 2 rings (SSSR count). The molecule has 2 aromatic rings. The van der Waals surface area contributed by atoms with Crippen LogP contribution in [0.2, 0.25) is 0 Å². The van der Waals surface area contributed by atoms with E-state index in [0.29, 0.717) is 17.7 Å². The zero-order valence-corrected chi connectivity index (χ0v) is 11.4. The van der Waals surface area contributed by atoms with E-state index in [0.717, 1.165) is 17.7 Å². The predicted molar refractivity (Wildman–Crippen MR) is 77.4 cm³/mol. The fourth-order valence-electron chi connectivity index (χ4n) is 1.94. The lowest BCUT2D eigenvalue weighted by Gasteiger charge is -2.12. The topological polar surface area (TPSA) is 53.2 Å². The molecule has 20 heavy (non-hydrogen) atoms. The standard InChI is InChI=1S/C17H17NO2/c1-2-10-20-16-8-6-14(7-9-16)17(19)15-5-3-4-13(11-15)12-18/h3-9,11,17,19H,2,10H2,1H3. The Kier molecular flexibility index (Phi) is 4.75. The summed E-state index contributed by atoms with van der Waals surface area (Å²) in [7, 11) is 0. The average Bonchev–Trinajstić information content (AvgIpc) is 2.52. The van der Waals surface area contributed by atoms with E-state index >= 15 is 0 Å². The van der Waals surface area contributed by atoms with E-state index in [1.807, 2.05) is 30.3 Å². The molecular weight excluding hydrogens is 250 g/mol. The van der Waals surface area contributed by atoms with Gasteiger partial charge in [-0.15, -0.1) is 0 Å². The lowest BCUT2D eigenvalue weighted by Crippen LogP contribution is -2.00. The maximum atomic E-state index is 10.3. The number of hydrogen-bond donors (Lipinski definition) is 1. The summed E-state index contributed by atoms with van der Waals surface area (Å²) in [6.07, 6.45) is 0.231. The van der Waals surface area contributed by atoms with Gasteiger partial charge in [0.1, 0.15) is 11.9 Å². The van der Waals surface area contributed by atoms with Crippen LogP contribution in [0.5, 0.6) is 5.75 Å². The quantitative estimate of drug-likeness (QED) is 0.903. The van der Waals surface area contributed by atoms with Crippen LogP contribution in [0.25, 0.3) is 0 Å². The third-order valence-corrected chi connectivity index (χ3v) is 3.00. The minimum absolute atomic E-state index is 0.546. The van der Waals surface area contributed by atoms with Crippen molar-refractivity contribution in [3.05, 3.63) is 65.2 Å². The highest BCUT2D eigenvalue weighted by Crippen LogP contribution is 2.24. The third-order valence-electron chi connectivity index (χ3n) is 3.00. The van der Waals surface area contributed by atoms with Gasteiger partial charge in [-0.05, 0) is 41.8 Å². The van der Waals surface area contributed by atoms with E-state index in [9.17, 15) is 5.11 Å². The zero-order chi connectivity index (χ0) is 14.4. The molecule has 0 bridgehead atoms. The Morgan fingerprint density at radius 2 is 1.90 bits per heavy atom. The fraction of sp³-hybridized carbons (Fsp3) is 0.235. The van der Waals surface area contributed by atoms with Crippen LogP contribution in [0.1, 0.15) is 36.1 Å². The second kappa shape index (κ2) is 6.74. The molecule has 0 heterocycles. The van der Waals surface area contributed by atoms with Crippen molar-refractivity contribution in [2.24, 2.45) is 0 Å². The molecule has 3 nitrogen and oxygen atoms in total. The van der Waals surface area contributed by atoms with Crippen molar-refractivity contribution in [1.82, 2.24) is 0 Å². The lowest BCUT2D eigenvalue weighted by atomic mass is 10.00. The van der Waals surface area contributed by atoms with Gasteiger partial charge in [0.2, 0.25) is 0 Å². The Morgan fingerprint density at radius 3 is 2.55 bits per heavy atom. The number of nitriles is 1. The minimum Gasteiger partial charge on any atom is -0.494 e. The van der Waals surface area contributed by atoms with Crippen molar-refractivity contribution in [2.75, 3.05) is 6.61 Å². The van der Waals surface area contributed by atoms with Crippen LogP contribution < -0.4 is 4.74 Å². The molecular formula is C17H17NO2. The first kappa shape index (κ1) is 14.1. The number of ether oxygens (including phenoxy) is 1. The van der Waals surface area contributed by atoms with Gasteiger partial charge in [0.05, 0.1) is 18.2 Å². The second-order valence-electron chi connectivity index (χ2n) is 4.56. The molecule has 102 valence electrons. The van der Waals surface area contributed by atoms with Crippen LogP contribution in [0.4, 0.5) is 0 Å². The summed E-state index contributed by atoms with van der Waals surface area (Å²) in [5, 5.41) is 19.2. The van der Waals surface area contributed by atoms with E-state index in [-0.39, 0.29) is 0 Å². The van der Waals surface area contributed by atoms with E-state index in [1.165, 1.54) is 0 Å². The van der Waals surface area contributed by atoms with E-state index in [1.54, 1.807) is 18.2 Å². The van der Waals surface area contributed by atoms with Crippen molar-refractivity contribution in [3.63, 3.8) is 0 Å². The van der Waals surface area contributed by atoms with Crippen molar-refractivity contribution >= 4 is 0 Å². The number of aliphatic hydroxyl groups is 1. The van der Waals surface area contributed by atoms with E-state index in [2.05, 4.69) is 13.0 Å². The van der Waals surface area contributed by atoms with Gasteiger partial charge in [-0.25, -0.2) is 0 Å². The molecule has 0 aromatic heterocycles. The third kappa shape index (κ3) is 3.37. The van der Waals surface area contributed by atoms with Crippen LogP contribution in [0, 0.1) is 11.3 Å². The largest absolute Gasteiger partial charge is 0.494 e. The van der Waals surface area contributed by atoms with Crippen molar-refractivity contribution in [2.45, 2.75) is 19.4 Å². The van der Waals surface area contributed by atoms with Gasteiger partial charge < -0.3 is 9.84 Å². The summed E-state index contributed by atoms with van der Waals surface area (Å²) < 4.78 is 5.51. The lowest BCUT2D eigenvalue weighted by molar-refractivity contribution is 0.220. The van der Waals surface area contributed by atoms with Crippen molar-refractivity contribution < 1.29 is 9.84 Å². The van der Waals surface area contributed by atoms with Gasteiger partial charge in [-0.3, -0.25) is 0 Å². The molecule has 0 saturated heterocycles. The molecule has 1 N–H and O–H groups in total. The van der Waals surface area contributed by atoms with Gasteiger partial charge in [-0.1, -0.05) is 31.2 Å². The van der Waals surface area contributed by atoms with E-state index in [4.69, 9.17) is 10.00 Å². The van der Waals surface area contributed by atoms with Crippen molar-refractivity contribution in [1.29, 1.82) is 5.26 Å². The van der Waals surface area contributed by atoms with Crippen LogP contribution in [-0.2, 0) is 0 Å².